The van der Waals surface area contributed by atoms with Crippen LogP contribution in [0.5, 0.6) is 0 Å². The number of aliphatic hydroxyl groups is 2. The summed E-state index contributed by atoms with van der Waals surface area (Å²) in [7, 11) is 0. The van der Waals surface area contributed by atoms with Gasteiger partial charge in [0.15, 0.2) is 5.78 Å². The summed E-state index contributed by atoms with van der Waals surface area (Å²) in [4.78, 5) is 13.1. The highest BCUT2D eigenvalue weighted by molar-refractivity contribution is 6.04. The maximum absolute atomic E-state index is 13.1. The summed E-state index contributed by atoms with van der Waals surface area (Å²) in [5.74, 6) is -0.157. The van der Waals surface area contributed by atoms with Gasteiger partial charge in [0.05, 0.1) is 18.1 Å². The zero-order chi connectivity index (χ0) is 17.8. The molecule has 0 saturated heterocycles. The molecule has 0 aromatic heterocycles. The Hall–Kier alpha value is -1.71. The number of rotatable bonds is 4. The molecule has 3 unspecified atom stereocenters. The first kappa shape index (κ1) is 16.7. The first-order valence-electron chi connectivity index (χ1n) is 9.23. The third-order valence-corrected chi connectivity index (χ3v) is 6.70. The van der Waals surface area contributed by atoms with E-state index in [9.17, 15) is 15.0 Å². The molecule has 132 valence electrons. The molecule has 3 nitrogen and oxygen atoms in total. The Bertz CT molecular complexity index is 757. The average molecular weight is 338 g/mol. The lowest BCUT2D eigenvalue weighted by atomic mass is 9.69. The minimum absolute atomic E-state index is 0.0425. The SMILES string of the molecule is C=C1C(O)C2CC(C)(CO)C(=O)C2=C(CCc2ccccc2)C12CC2. The van der Waals surface area contributed by atoms with Crippen LogP contribution in [0.4, 0.5) is 0 Å². The number of benzene rings is 1. The van der Waals surface area contributed by atoms with Gasteiger partial charge in [0.1, 0.15) is 0 Å². The summed E-state index contributed by atoms with van der Waals surface area (Å²) in [5, 5.41) is 20.6. The first-order chi connectivity index (χ1) is 11.9. The molecular weight excluding hydrogens is 312 g/mol. The zero-order valence-electron chi connectivity index (χ0n) is 14.8. The van der Waals surface area contributed by atoms with Gasteiger partial charge in [-0.15, -0.1) is 0 Å². The van der Waals surface area contributed by atoms with Crippen LogP contribution in [-0.4, -0.2) is 28.7 Å². The number of hydrogen-bond donors (Lipinski definition) is 2. The monoisotopic (exact) mass is 338 g/mol. The fourth-order valence-corrected chi connectivity index (χ4v) is 4.95. The first-order valence-corrected chi connectivity index (χ1v) is 9.23. The van der Waals surface area contributed by atoms with E-state index in [1.165, 1.54) is 11.1 Å². The Morgan fingerprint density at radius 1 is 1.20 bits per heavy atom. The van der Waals surface area contributed by atoms with Crippen LogP contribution in [-0.2, 0) is 11.2 Å². The van der Waals surface area contributed by atoms with Gasteiger partial charge in [0, 0.05) is 16.9 Å². The van der Waals surface area contributed by atoms with Crippen molar-refractivity contribution >= 4 is 5.78 Å². The molecule has 2 N–H and O–H groups in total. The minimum atomic E-state index is -0.764. The van der Waals surface area contributed by atoms with Gasteiger partial charge in [-0.1, -0.05) is 49.4 Å². The van der Waals surface area contributed by atoms with Gasteiger partial charge in [-0.25, -0.2) is 0 Å². The van der Waals surface area contributed by atoms with Gasteiger partial charge in [0.2, 0.25) is 0 Å². The van der Waals surface area contributed by atoms with E-state index < -0.39 is 11.5 Å². The van der Waals surface area contributed by atoms with Gasteiger partial charge in [-0.3, -0.25) is 4.79 Å². The van der Waals surface area contributed by atoms with Crippen LogP contribution < -0.4 is 0 Å². The number of fused-ring (bicyclic) bond motifs is 1. The lowest BCUT2D eigenvalue weighted by molar-refractivity contribution is -0.124. The molecule has 0 bridgehead atoms. The fourth-order valence-electron chi connectivity index (χ4n) is 4.95. The predicted molar refractivity (Wildman–Crippen MR) is 96.9 cm³/mol. The molecule has 0 radical (unpaired) electrons. The van der Waals surface area contributed by atoms with Gasteiger partial charge in [-0.05, 0) is 43.2 Å². The molecule has 2 fully saturated rings. The second kappa shape index (κ2) is 5.65. The van der Waals surface area contributed by atoms with Crippen molar-refractivity contribution in [1.82, 2.24) is 0 Å². The largest absolute Gasteiger partial charge is 0.395 e. The number of hydrogen-bond acceptors (Lipinski definition) is 3. The topological polar surface area (TPSA) is 57.5 Å². The van der Waals surface area contributed by atoms with Crippen molar-refractivity contribution in [1.29, 1.82) is 0 Å². The number of carbonyl (C=O) groups excluding carboxylic acids is 1. The second-order valence-electron chi connectivity index (χ2n) is 8.29. The van der Waals surface area contributed by atoms with Crippen LogP contribution in [0.25, 0.3) is 0 Å². The van der Waals surface area contributed by atoms with Gasteiger partial charge >= 0.3 is 0 Å². The lowest BCUT2D eigenvalue weighted by Gasteiger charge is -2.37. The molecule has 4 rings (SSSR count). The highest BCUT2D eigenvalue weighted by atomic mass is 16.3. The highest BCUT2D eigenvalue weighted by Gasteiger charge is 2.61. The summed E-state index contributed by atoms with van der Waals surface area (Å²) in [6.07, 6.45) is 3.53. The Kier molecular flexibility index (Phi) is 3.78. The van der Waals surface area contributed by atoms with Crippen molar-refractivity contribution in [3.05, 3.63) is 59.2 Å². The lowest BCUT2D eigenvalue weighted by Crippen LogP contribution is -2.34. The summed E-state index contributed by atoms with van der Waals surface area (Å²) in [6, 6.07) is 10.3. The van der Waals surface area contributed by atoms with Crippen molar-refractivity contribution in [2.24, 2.45) is 16.7 Å². The van der Waals surface area contributed by atoms with E-state index in [1.54, 1.807) is 0 Å². The molecule has 25 heavy (non-hydrogen) atoms. The molecule has 1 aromatic rings. The third-order valence-electron chi connectivity index (χ3n) is 6.70. The van der Waals surface area contributed by atoms with E-state index in [4.69, 9.17) is 0 Å². The molecular formula is C22H26O3. The molecule has 0 amide bonds. The number of aliphatic hydroxyl groups excluding tert-OH is 2. The van der Waals surface area contributed by atoms with Crippen LogP contribution >= 0.6 is 0 Å². The van der Waals surface area contributed by atoms with Crippen molar-refractivity contribution in [3.8, 4) is 0 Å². The van der Waals surface area contributed by atoms with Gasteiger partial charge in [0.25, 0.3) is 0 Å². The number of allylic oxidation sites excluding steroid dienone is 1. The normalized spacial score (nSPS) is 33.1. The number of aryl methyl sites for hydroxylation is 1. The van der Waals surface area contributed by atoms with Crippen LogP contribution in [0, 0.1) is 16.7 Å². The summed E-state index contributed by atoms with van der Waals surface area (Å²) in [5.41, 5.74) is 3.22. The smallest absolute Gasteiger partial charge is 0.167 e. The number of ketones is 1. The van der Waals surface area contributed by atoms with E-state index in [0.717, 1.165) is 36.8 Å². The Morgan fingerprint density at radius 3 is 2.48 bits per heavy atom. The Labute approximate surface area is 149 Å². The van der Waals surface area contributed by atoms with E-state index in [2.05, 4.69) is 18.7 Å². The molecule has 1 aromatic carbocycles. The van der Waals surface area contributed by atoms with Crippen molar-refractivity contribution in [2.45, 2.75) is 45.1 Å². The fraction of sp³-hybridized carbons (Fsp3) is 0.500. The van der Waals surface area contributed by atoms with Crippen LogP contribution in [0.15, 0.2) is 53.6 Å². The maximum atomic E-state index is 13.1. The number of Topliss-reactive ketones (excluding diaryl/α,β-unsaturated/α-hetero) is 1. The second-order valence-corrected chi connectivity index (χ2v) is 8.29. The van der Waals surface area contributed by atoms with E-state index in [0.29, 0.717) is 6.42 Å². The molecule has 2 saturated carbocycles. The molecule has 1 spiro atoms. The third kappa shape index (κ3) is 2.37. The van der Waals surface area contributed by atoms with E-state index >= 15 is 0 Å². The molecule has 0 aliphatic heterocycles. The van der Waals surface area contributed by atoms with Crippen LogP contribution in [0.3, 0.4) is 0 Å². The standard InChI is InChI=1S/C22H26O3/c1-14-19(24)16-12-21(2,13-23)20(25)18(16)17(22(14)10-11-22)9-8-15-6-4-3-5-7-15/h3-7,16,19,23-24H,1,8-13H2,2H3. The van der Waals surface area contributed by atoms with Crippen molar-refractivity contribution in [2.75, 3.05) is 6.61 Å². The molecule has 3 aliphatic carbocycles. The van der Waals surface area contributed by atoms with Crippen molar-refractivity contribution in [3.63, 3.8) is 0 Å². The maximum Gasteiger partial charge on any atom is 0.167 e. The van der Waals surface area contributed by atoms with Crippen LogP contribution in [0.1, 0.15) is 38.2 Å². The molecule has 0 heterocycles. The minimum Gasteiger partial charge on any atom is -0.395 e. The summed E-state index contributed by atoms with van der Waals surface area (Å²) < 4.78 is 0. The molecule has 3 heteroatoms. The zero-order valence-corrected chi connectivity index (χ0v) is 14.8. The van der Waals surface area contributed by atoms with Crippen LogP contribution in [0.2, 0.25) is 0 Å². The number of carbonyl (C=O) groups is 1. The highest BCUT2D eigenvalue weighted by Crippen LogP contribution is 2.66. The summed E-state index contributed by atoms with van der Waals surface area (Å²) in [6.45, 7) is 5.88. The van der Waals surface area contributed by atoms with E-state index in [-0.39, 0.29) is 23.7 Å². The molecule has 3 aliphatic rings. The summed E-state index contributed by atoms with van der Waals surface area (Å²) >= 11 is 0. The quantitative estimate of drug-likeness (QED) is 0.829. The molecule has 3 atom stereocenters. The Morgan fingerprint density at radius 2 is 1.88 bits per heavy atom. The predicted octanol–water partition coefficient (Wildman–Crippen LogP) is 3.21. The van der Waals surface area contributed by atoms with Gasteiger partial charge < -0.3 is 10.2 Å². The Balaban J connectivity index is 1.75. The van der Waals surface area contributed by atoms with Gasteiger partial charge in [-0.2, -0.15) is 0 Å². The van der Waals surface area contributed by atoms with E-state index in [1.807, 2.05) is 25.1 Å². The van der Waals surface area contributed by atoms with Crippen molar-refractivity contribution < 1.29 is 15.0 Å². The average Bonchev–Trinajstić information content (AvgIpc) is 3.38.